The van der Waals surface area contributed by atoms with Crippen molar-refractivity contribution < 1.29 is 5.21 Å². The molecule has 1 aromatic heterocycles. The Morgan fingerprint density at radius 1 is 1.73 bits per heavy atom. The molecule has 0 aromatic carbocycles. The molecule has 0 saturated carbocycles. The molecule has 0 radical (unpaired) electrons. The molecule has 0 aliphatic carbocycles. The van der Waals surface area contributed by atoms with Crippen LogP contribution in [0.2, 0.25) is 0 Å². The Morgan fingerprint density at radius 2 is 2.45 bits per heavy atom. The van der Waals surface area contributed by atoms with Gasteiger partial charge in [0.2, 0.25) is 5.82 Å². The smallest absolute Gasteiger partial charge is 0.222 e. The van der Waals surface area contributed by atoms with Gasteiger partial charge in [-0.1, -0.05) is 12.1 Å². The summed E-state index contributed by atoms with van der Waals surface area (Å²) in [6.45, 7) is 1.85. The Morgan fingerprint density at radius 3 is 2.82 bits per heavy atom. The summed E-state index contributed by atoms with van der Waals surface area (Å²) in [4.78, 5) is 1.32. The summed E-state index contributed by atoms with van der Waals surface area (Å²) in [5, 5.41) is 22.6. The van der Waals surface area contributed by atoms with Gasteiger partial charge >= 0.3 is 0 Å². The van der Waals surface area contributed by atoms with Crippen LogP contribution in [0.4, 0.5) is 0 Å². The van der Waals surface area contributed by atoms with Crippen LogP contribution in [-0.4, -0.2) is 31.1 Å². The minimum absolute atomic E-state index is 0.373. The standard InChI is InChI=1S/C5H9N5O/c1-3-4(8-11)5-6-9-10(2)7-5/h11H,3H2,1-2H3/b8-4+. The average molecular weight is 155 g/mol. The Bertz CT molecular complexity index is 266. The van der Waals surface area contributed by atoms with Crippen molar-refractivity contribution >= 4 is 5.71 Å². The molecular weight excluding hydrogens is 146 g/mol. The number of hydrogen-bond acceptors (Lipinski definition) is 5. The molecule has 0 fully saturated rings. The second kappa shape index (κ2) is 3.09. The normalized spacial score (nSPS) is 12.0. The van der Waals surface area contributed by atoms with Crippen molar-refractivity contribution in [3.63, 3.8) is 0 Å². The molecule has 0 bridgehead atoms. The maximum Gasteiger partial charge on any atom is 0.222 e. The third-order valence-corrected chi connectivity index (χ3v) is 1.22. The molecule has 0 aliphatic rings. The number of aryl methyl sites for hydroxylation is 1. The zero-order valence-corrected chi connectivity index (χ0v) is 6.39. The Hall–Kier alpha value is -1.46. The van der Waals surface area contributed by atoms with E-state index < -0.39 is 0 Å². The van der Waals surface area contributed by atoms with Gasteiger partial charge in [-0.15, -0.1) is 10.2 Å². The lowest BCUT2D eigenvalue weighted by molar-refractivity contribution is 0.318. The van der Waals surface area contributed by atoms with Crippen LogP contribution < -0.4 is 0 Å². The highest BCUT2D eigenvalue weighted by molar-refractivity contribution is 5.96. The first-order valence-corrected chi connectivity index (χ1v) is 3.23. The number of tetrazole rings is 1. The molecule has 60 valence electrons. The van der Waals surface area contributed by atoms with Crippen LogP contribution in [0.1, 0.15) is 19.2 Å². The van der Waals surface area contributed by atoms with Crippen molar-refractivity contribution in [1.82, 2.24) is 20.2 Å². The van der Waals surface area contributed by atoms with Crippen molar-refractivity contribution in [2.45, 2.75) is 13.3 Å². The van der Waals surface area contributed by atoms with Gasteiger partial charge < -0.3 is 5.21 Å². The summed E-state index contributed by atoms with van der Waals surface area (Å²) in [5.41, 5.74) is 0.443. The fourth-order valence-corrected chi connectivity index (χ4v) is 0.673. The van der Waals surface area contributed by atoms with Gasteiger partial charge in [-0.05, 0) is 11.6 Å². The number of oxime groups is 1. The monoisotopic (exact) mass is 155 g/mol. The quantitative estimate of drug-likeness (QED) is 0.364. The van der Waals surface area contributed by atoms with Crippen LogP contribution >= 0.6 is 0 Å². The van der Waals surface area contributed by atoms with Crippen molar-refractivity contribution in [3.8, 4) is 0 Å². The number of nitrogens with zero attached hydrogens (tertiary/aromatic N) is 5. The predicted octanol–water partition coefficient (Wildman–Crippen LogP) is -0.202. The number of aromatic nitrogens is 4. The maximum atomic E-state index is 8.46. The van der Waals surface area contributed by atoms with Crippen LogP contribution in [0, 0.1) is 0 Å². The van der Waals surface area contributed by atoms with E-state index in [-0.39, 0.29) is 0 Å². The number of rotatable bonds is 2. The lowest BCUT2D eigenvalue weighted by atomic mass is 10.3. The average Bonchev–Trinajstić information content (AvgIpc) is 2.39. The first-order valence-electron chi connectivity index (χ1n) is 3.23. The van der Waals surface area contributed by atoms with Gasteiger partial charge in [-0.2, -0.15) is 4.80 Å². The summed E-state index contributed by atoms with van der Waals surface area (Å²) < 4.78 is 0. The SMILES string of the molecule is CC/C(=N\O)c1nnn(C)n1. The summed E-state index contributed by atoms with van der Waals surface area (Å²) >= 11 is 0. The van der Waals surface area contributed by atoms with E-state index in [0.717, 1.165) is 0 Å². The lowest BCUT2D eigenvalue weighted by Crippen LogP contribution is -2.02. The first kappa shape index (κ1) is 7.64. The summed E-state index contributed by atoms with van der Waals surface area (Å²) in [6, 6.07) is 0. The van der Waals surface area contributed by atoms with Gasteiger partial charge in [0.05, 0.1) is 7.05 Å². The molecule has 0 aliphatic heterocycles. The molecular formula is C5H9N5O. The van der Waals surface area contributed by atoms with Crippen LogP contribution in [0.3, 0.4) is 0 Å². The lowest BCUT2D eigenvalue weighted by Gasteiger charge is -1.89. The highest BCUT2D eigenvalue weighted by Gasteiger charge is 2.06. The van der Waals surface area contributed by atoms with Crippen molar-refractivity contribution in [1.29, 1.82) is 0 Å². The molecule has 0 saturated heterocycles. The van der Waals surface area contributed by atoms with Gasteiger partial charge in [0, 0.05) is 0 Å². The fraction of sp³-hybridized carbons (Fsp3) is 0.600. The van der Waals surface area contributed by atoms with Gasteiger partial charge in [0.1, 0.15) is 5.71 Å². The molecule has 6 heteroatoms. The van der Waals surface area contributed by atoms with Crippen LogP contribution in [0.25, 0.3) is 0 Å². The minimum atomic E-state index is 0.373. The molecule has 1 aromatic rings. The fourth-order valence-electron chi connectivity index (χ4n) is 0.673. The van der Waals surface area contributed by atoms with Gasteiger partial charge in [-0.3, -0.25) is 0 Å². The predicted molar refractivity (Wildman–Crippen MR) is 37.4 cm³/mol. The topological polar surface area (TPSA) is 76.2 Å². The summed E-state index contributed by atoms with van der Waals surface area (Å²) in [5.74, 6) is 0.373. The molecule has 1 N–H and O–H groups in total. The van der Waals surface area contributed by atoms with Gasteiger partial charge in [0.25, 0.3) is 0 Å². The molecule has 0 amide bonds. The minimum Gasteiger partial charge on any atom is -0.411 e. The molecule has 0 atom stereocenters. The van der Waals surface area contributed by atoms with Crippen LogP contribution in [-0.2, 0) is 7.05 Å². The van der Waals surface area contributed by atoms with E-state index in [1.807, 2.05) is 6.92 Å². The van der Waals surface area contributed by atoms with E-state index in [1.165, 1.54) is 4.80 Å². The van der Waals surface area contributed by atoms with Crippen LogP contribution in [0.15, 0.2) is 5.16 Å². The summed E-state index contributed by atoms with van der Waals surface area (Å²) in [6.07, 6.45) is 0.586. The molecule has 11 heavy (non-hydrogen) atoms. The van der Waals surface area contributed by atoms with E-state index in [0.29, 0.717) is 18.0 Å². The Labute approximate surface area is 63.5 Å². The van der Waals surface area contributed by atoms with E-state index in [4.69, 9.17) is 5.21 Å². The highest BCUT2D eigenvalue weighted by Crippen LogP contribution is 1.93. The Balaban J connectivity index is 2.91. The molecule has 6 nitrogen and oxygen atoms in total. The third kappa shape index (κ3) is 1.51. The Kier molecular flexibility index (Phi) is 2.15. The summed E-state index contributed by atoms with van der Waals surface area (Å²) in [7, 11) is 1.65. The molecule has 0 unspecified atom stereocenters. The van der Waals surface area contributed by atoms with Gasteiger partial charge in [0.15, 0.2) is 0 Å². The zero-order chi connectivity index (χ0) is 8.27. The maximum absolute atomic E-state index is 8.46. The van der Waals surface area contributed by atoms with Gasteiger partial charge in [-0.25, -0.2) is 0 Å². The largest absolute Gasteiger partial charge is 0.411 e. The van der Waals surface area contributed by atoms with E-state index >= 15 is 0 Å². The second-order valence-corrected chi connectivity index (χ2v) is 2.00. The van der Waals surface area contributed by atoms with Crippen molar-refractivity contribution in [3.05, 3.63) is 5.82 Å². The van der Waals surface area contributed by atoms with Crippen molar-refractivity contribution in [2.75, 3.05) is 0 Å². The third-order valence-electron chi connectivity index (χ3n) is 1.22. The zero-order valence-electron chi connectivity index (χ0n) is 6.39. The highest BCUT2D eigenvalue weighted by atomic mass is 16.4. The van der Waals surface area contributed by atoms with Crippen LogP contribution in [0.5, 0.6) is 0 Å². The van der Waals surface area contributed by atoms with E-state index in [1.54, 1.807) is 7.05 Å². The number of hydrogen-bond donors (Lipinski definition) is 1. The molecule has 0 spiro atoms. The first-order chi connectivity index (χ1) is 5.27. The second-order valence-electron chi connectivity index (χ2n) is 2.00. The van der Waals surface area contributed by atoms with Crippen molar-refractivity contribution in [2.24, 2.45) is 12.2 Å². The molecule has 1 heterocycles. The molecule has 1 rings (SSSR count). The van der Waals surface area contributed by atoms with E-state index in [9.17, 15) is 0 Å². The van der Waals surface area contributed by atoms with E-state index in [2.05, 4.69) is 20.6 Å².